The SMILES string of the molecule is CCC(=O)OCC1CCNCC1.Cl. The molecule has 13 heavy (non-hydrogen) atoms. The Hall–Kier alpha value is -0.280. The lowest BCUT2D eigenvalue weighted by atomic mass is 9.99. The van der Waals surface area contributed by atoms with Gasteiger partial charge in [0.15, 0.2) is 0 Å². The normalized spacial score (nSPS) is 17.6. The second-order valence-electron chi connectivity index (χ2n) is 3.23. The largest absolute Gasteiger partial charge is 0.465 e. The van der Waals surface area contributed by atoms with Gasteiger partial charge in [0.25, 0.3) is 0 Å². The van der Waals surface area contributed by atoms with Crippen molar-refractivity contribution in [3.05, 3.63) is 0 Å². The zero-order valence-corrected chi connectivity index (χ0v) is 8.86. The molecule has 1 aliphatic rings. The van der Waals surface area contributed by atoms with E-state index in [2.05, 4.69) is 5.32 Å². The van der Waals surface area contributed by atoms with Crippen molar-refractivity contribution >= 4 is 18.4 Å². The average Bonchev–Trinajstić information content (AvgIpc) is 2.16. The molecule has 1 fully saturated rings. The summed E-state index contributed by atoms with van der Waals surface area (Å²) in [6.07, 6.45) is 2.76. The minimum atomic E-state index is -0.0754. The van der Waals surface area contributed by atoms with E-state index in [4.69, 9.17) is 4.74 Å². The molecule has 1 aliphatic heterocycles. The van der Waals surface area contributed by atoms with Gasteiger partial charge in [-0.2, -0.15) is 0 Å². The third-order valence-electron chi connectivity index (χ3n) is 2.23. The number of piperidine rings is 1. The lowest BCUT2D eigenvalue weighted by molar-refractivity contribution is -0.144. The van der Waals surface area contributed by atoms with Gasteiger partial charge in [-0.1, -0.05) is 6.92 Å². The van der Waals surface area contributed by atoms with Crippen LogP contribution in [0.25, 0.3) is 0 Å². The second-order valence-corrected chi connectivity index (χ2v) is 3.23. The summed E-state index contributed by atoms with van der Waals surface area (Å²) >= 11 is 0. The molecule has 0 aromatic carbocycles. The topological polar surface area (TPSA) is 38.3 Å². The summed E-state index contributed by atoms with van der Waals surface area (Å²) in [5.74, 6) is 0.510. The van der Waals surface area contributed by atoms with E-state index in [-0.39, 0.29) is 18.4 Å². The van der Waals surface area contributed by atoms with Crippen molar-refractivity contribution < 1.29 is 9.53 Å². The van der Waals surface area contributed by atoms with E-state index < -0.39 is 0 Å². The highest BCUT2D eigenvalue weighted by molar-refractivity contribution is 5.85. The Kier molecular flexibility index (Phi) is 7.00. The van der Waals surface area contributed by atoms with E-state index >= 15 is 0 Å². The maximum absolute atomic E-state index is 10.8. The molecule has 1 rings (SSSR count). The first-order chi connectivity index (χ1) is 5.83. The van der Waals surface area contributed by atoms with Crippen LogP contribution in [0, 0.1) is 5.92 Å². The van der Waals surface area contributed by atoms with E-state index in [1.54, 1.807) is 0 Å². The summed E-state index contributed by atoms with van der Waals surface area (Å²) in [4.78, 5) is 10.8. The summed E-state index contributed by atoms with van der Waals surface area (Å²) in [6, 6.07) is 0. The maximum Gasteiger partial charge on any atom is 0.305 e. The van der Waals surface area contributed by atoms with Crippen LogP contribution in [0.1, 0.15) is 26.2 Å². The Morgan fingerprint density at radius 2 is 2.08 bits per heavy atom. The van der Waals surface area contributed by atoms with Crippen molar-refractivity contribution in [2.75, 3.05) is 19.7 Å². The molecule has 1 heterocycles. The van der Waals surface area contributed by atoms with Gasteiger partial charge in [0.1, 0.15) is 0 Å². The number of hydrogen-bond donors (Lipinski definition) is 1. The van der Waals surface area contributed by atoms with Crippen LogP contribution in [0.4, 0.5) is 0 Å². The van der Waals surface area contributed by atoms with Crippen molar-refractivity contribution in [2.24, 2.45) is 5.92 Å². The van der Waals surface area contributed by atoms with Crippen LogP contribution in [-0.4, -0.2) is 25.7 Å². The number of carbonyl (C=O) groups is 1. The maximum atomic E-state index is 10.8. The predicted octanol–water partition coefficient (Wildman–Crippen LogP) is 1.36. The van der Waals surface area contributed by atoms with E-state index in [0.29, 0.717) is 18.9 Å². The summed E-state index contributed by atoms with van der Waals surface area (Å²) in [6.45, 7) is 4.57. The van der Waals surface area contributed by atoms with Crippen molar-refractivity contribution in [3.8, 4) is 0 Å². The number of carbonyl (C=O) groups excluding carboxylic acids is 1. The fourth-order valence-electron chi connectivity index (χ4n) is 1.36. The number of halogens is 1. The predicted molar refractivity (Wildman–Crippen MR) is 54.1 cm³/mol. The molecule has 0 saturated carbocycles. The van der Waals surface area contributed by atoms with Crippen molar-refractivity contribution in [1.29, 1.82) is 0 Å². The van der Waals surface area contributed by atoms with Crippen molar-refractivity contribution in [2.45, 2.75) is 26.2 Å². The Morgan fingerprint density at radius 1 is 1.46 bits per heavy atom. The fraction of sp³-hybridized carbons (Fsp3) is 0.889. The molecule has 1 saturated heterocycles. The summed E-state index contributed by atoms with van der Waals surface area (Å²) in [5, 5.41) is 3.28. The molecule has 0 spiro atoms. The van der Waals surface area contributed by atoms with Gasteiger partial charge in [-0.3, -0.25) is 4.79 Å². The van der Waals surface area contributed by atoms with Gasteiger partial charge >= 0.3 is 5.97 Å². The highest BCUT2D eigenvalue weighted by Gasteiger charge is 2.14. The number of ether oxygens (including phenoxy) is 1. The third-order valence-corrected chi connectivity index (χ3v) is 2.23. The van der Waals surface area contributed by atoms with Gasteiger partial charge in [0.2, 0.25) is 0 Å². The Balaban J connectivity index is 0.00000144. The molecule has 0 unspecified atom stereocenters. The third kappa shape index (κ3) is 5.11. The number of rotatable bonds is 3. The van der Waals surface area contributed by atoms with E-state index in [1.165, 1.54) is 0 Å². The van der Waals surface area contributed by atoms with Crippen LogP contribution in [0.15, 0.2) is 0 Å². The van der Waals surface area contributed by atoms with Gasteiger partial charge in [-0.05, 0) is 31.8 Å². The number of nitrogens with one attached hydrogen (secondary N) is 1. The van der Waals surface area contributed by atoms with E-state index in [9.17, 15) is 4.79 Å². The van der Waals surface area contributed by atoms with Crippen LogP contribution in [0.3, 0.4) is 0 Å². The minimum Gasteiger partial charge on any atom is -0.465 e. The van der Waals surface area contributed by atoms with Crippen LogP contribution in [0.2, 0.25) is 0 Å². The molecule has 0 aromatic heterocycles. The molecule has 0 aromatic rings. The molecule has 0 atom stereocenters. The monoisotopic (exact) mass is 207 g/mol. The van der Waals surface area contributed by atoms with Gasteiger partial charge in [0.05, 0.1) is 6.61 Å². The van der Waals surface area contributed by atoms with Crippen molar-refractivity contribution in [3.63, 3.8) is 0 Å². The van der Waals surface area contributed by atoms with Crippen LogP contribution < -0.4 is 5.32 Å². The molecule has 0 bridgehead atoms. The van der Waals surface area contributed by atoms with Gasteiger partial charge in [0, 0.05) is 6.42 Å². The first kappa shape index (κ1) is 12.7. The molecule has 0 amide bonds. The fourth-order valence-corrected chi connectivity index (χ4v) is 1.36. The van der Waals surface area contributed by atoms with Gasteiger partial charge in [-0.25, -0.2) is 0 Å². The lowest BCUT2D eigenvalue weighted by Gasteiger charge is -2.21. The van der Waals surface area contributed by atoms with E-state index in [0.717, 1.165) is 25.9 Å². The molecule has 4 heteroatoms. The highest BCUT2D eigenvalue weighted by Crippen LogP contribution is 2.11. The molecule has 1 N–H and O–H groups in total. The Bertz CT molecular complexity index is 147. The second kappa shape index (κ2) is 7.15. The Labute approximate surface area is 85.6 Å². The lowest BCUT2D eigenvalue weighted by Crippen LogP contribution is -2.30. The molecular weight excluding hydrogens is 190 g/mol. The zero-order chi connectivity index (χ0) is 8.81. The van der Waals surface area contributed by atoms with Crippen LogP contribution in [-0.2, 0) is 9.53 Å². The van der Waals surface area contributed by atoms with Crippen LogP contribution in [0.5, 0.6) is 0 Å². The smallest absolute Gasteiger partial charge is 0.305 e. The Morgan fingerprint density at radius 3 is 2.62 bits per heavy atom. The van der Waals surface area contributed by atoms with Gasteiger partial charge in [-0.15, -0.1) is 12.4 Å². The summed E-state index contributed by atoms with van der Waals surface area (Å²) in [5.41, 5.74) is 0. The number of hydrogen-bond acceptors (Lipinski definition) is 3. The molecule has 0 aliphatic carbocycles. The standard InChI is InChI=1S/C9H17NO2.ClH/c1-2-9(11)12-7-8-3-5-10-6-4-8;/h8,10H,2-7H2,1H3;1H. The first-order valence-corrected chi connectivity index (χ1v) is 4.69. The molecule has 78 valence electrons. The molecule has 3 nitrogen and oxygen atoms in total. The highest BCUT2D eigenvalue weighted by atomic mass is 35.5. The number of esters is 1. The molecular formula is C9H18ClNO2. The molecule has 0 radical (unpaired) electrons. The van der Waals surface area contributed by atoms with Crippen molar-refractivity contribution in [1.82, 2.24) is 5.32 Å². The minimum absolute atomic E-state index is 0. The van der Waals surface area contributed by atoms with E-state index in [1.807, 2.05) is 6.92 Å². The summed E-state index contributed by atoms with van der Waals surface area (Å²) < 4.78 is 5.06. The quantitative estimate of drug-likeness (QED) is 0.711. The van der Waals surface area contributed by atoms with Crippen LogP contribution >= 0.6 is 12.4 Å². The summed E-state index contributed by atoms with van der Waals surface area (Å²) in [7, 11) is 0. The van der Waals surface area contributed by atoms with Gasteiger partial charge < -0.3 is 10.1 Å². The first-order valence-electron chi connectivity index (χ1n) is 4.69. The zero-order valence-electron chi connectivity index (χ0n) is 8.04. The average molecular weight is 208 g/mol.